The predicted molar refractivity (Wildman–Crippen MR) is 106 cm³/mol. The van der Waals surface area contributed by atoms with Crippen LogP contribution in [0.3, 0.4) is 0 Å². The van der Waals surface area contributed by atoms with E-state index in [2.05, 4.69) is 51.2 Å². The summed E-state index contributed by atoms with van der Waals surface area (Å²) >= 11 is 4.48. The molecule has 4 fully saturated rings. The van der Waals surface area contributed by atoms with Crippen LogP contribution in [0.15, 0.2) is 0 Å². The Labute approximate surface area is 152 Å². The lowest BCUT2D eigenvalue weighted by atomic mass is 9.59. The van der Waals surface area contributed by atoms with Crippen LogP contribution in [0.25, 0.3) is 0 Å². The molecule has 0 aromatic heterocycles. The molecule has 2 aliphatic heterocycles. The molecule has 2 heteroatoms. The smallest absolute Gasteiger partial charge is 0.0195 e. The second-order valence-electron chi connectivity index (χ2n) is 9.66. The average molecular weight is 353 g/mol. The molecule has 2 saturated carbocycles. The van der Waals surface area contributed by atoms with E-state index in [9.17, 15) is 0 Å². The lowest BCUT2D eigenvalue weighted by molar-refractivity contribution is 0.0398. The Kier molecular flexibility index (Phi) is 4.81. The van der Waals surface area contributed by atoms with Gasteiger partial charge in [0, 0.05) is 21.0 Å². The molecule has 2 aliphatic carbocycles. The van der Waals surface area contributed by atoms with Gasteiger partial charge in [-0.15, -0.1) is 0 Å². The van der Waals surface area contributed by atoms with E-state index in [0.717, 1.165) is 44.7 Å². The first-order valence-electron chi connectivity index (χ1n) is 10.3. The van der Waals surface area contributed by atoms with Gasteiger partial charge in [-0.1, -0.05) is 27.7 Å². The van der Waals surface area contributed by atoms with Crippen molar-refractivity contribution >= 4 is 23.5 Å². The molecule has 4 rings (SSSR count). The Bertz CT molecular complexity index is 378. The van der Waals surface area contributed by atoms with E-state index >= 15 is 0 Å². The summed E-state index contributed by atoms with van der Waals surface area (Å²) in [6, 6.07) is 0. The number of thioether (sulfide) groups is 2. The Morgan fingerprint density at radius 1 is 0.609 bits per heavy atom. The summed E-state index contributed by atoms with van der Waals surface area (Å²) in [7, 11) is 0. The minimum atomic E-state index is 0.598. The minimum Gasteiger partial charge on any atom is -0.153 e. The van der Waals surface area contributed by atoms with Crippen molar-refractivity contribution in [2.24, 2.45) is 29.1 Å². The summed E-state index contributed by atoms with van der Waals surface area (Å²) in [6.45, 7) is 10.1. The molecule has 0 nitrogen and oxygen atoms in total. The van der Waals surface area contributed by atoms with E-state index in [1.54, 1.807) is 0 Å². The summed E-state index contributed by atoms with van der Waals surface area (Å²) in [6.07, 6.45) is 12.2. The van der Waals surface area contributed by atoms with Gasteiger partial charge in [-0.2, -0.15) is 23.5 Å². The highest BCUT2D eigenvalue weighted by molar-refractivity contribution is 8.07. The second kappa shape index (κ2) is 6.45. The van der Waals surface area contributed by atoms with Crippen molar-refractivity contribution in [3.63, 3.8) is 0 Å². The Morgan fingerprint density at radius 2 is 0.913 bits per heavy atom. The van der Waals surface area contributed by atoms with Crippen LogP contribution in [-0.4, -0.2) is 21.0 Å². The summed E-state index contributed by atoms with van der Waals surface area (Å²) in [4.78, 5) is 0. The monoisotopic (exact) mass is 352 g/mol. The normalized spacial score (nSPS) is 50.6. The number of rotatable bonds is 4. The SMILES string of the molecule is CC1SC1C1CCC(C(C)(C)C2CCC(C3SC3C)CC2)CC1. The molecule has 0 spiro atoms. The van der Waals surface area contributed by atoms with E-state index in [1.807, 2.05) is 0 Å². The van der Waals surface area contributed by atoms with Crippen LogP contribution in [0, 0.1) is 29.1 Å². The topological polar surface area (TPSA) is 0 Å². The quantitative estimate of drug-likeness (QED) is 0.520. The van der Waals surface area contributed by atoms with Crippen molar-refractivity contribution in [2.75, 3.05) is 0 Å². The molecule has 0 amide bonds. The van der Waals surface area contributed by atoms with Crippen LogP contribution in [-0.2, 0) is 0 Å². The third kappa shape index (κ3) is 3.50. The van der Waals surface area contributed by atoms with E-state index in [-0.39, 0.29) is 0 Å². The van der Waals surface area contributed by atoms with E-state index in [4.69, 9.17) is 0 Å². The highest BCUT2D eigenvalue weighted by atomic mass is 32.2. The fraction of sp³-hybridized carbons (Fsp3) is 1.00. The predicted octanol–water partition coefficient (Wildman–Crippen LogP) is 6.63. The maximum Gasteiger partial charge on any atom is 0.0195 e. The van der Waals surface area contributed by atoms with Gasteiger partial charge in [-0.05, 0) is 80.5 Å². The van der Waals surface area contributed by atoms with Crippen LogP contribution in [0.4, 0.5) is 0 Å². The average Bonchev–Trinajstić information content (AvgIpc) is 3.46. The maximum atomic E-state index is 2.63. The molecule has 0 N–H and O–H groups in total. The highest BCUT2D eigenvalue weighted by Gasteiger charge is 2.47. The first-order chi connectivity index (χ1) is 11.0. The molecule has 4 aliphatic rings. The first-order valence-corrected chi connectivity index (χ1v) is 12.2. The van der Waals surface area contributed by atoms with Gasteiger partial charge in [-0.3, -0.25) is 0 Å². The molecule has 0 aromatic carbocycles. The van der Waals surface area contributed by atoms with Crippen LogP contribution in [0.5, 0.6) is 0 Å². The van der Waals surface area contributed by atoms with E-state index in [1.165, 1.54) is 51.4 Å². The number of hydrogen-bond donors (Lipinski definition) is 0. The van der Waals surface area contributed by atoms with Crippen molar-refractivity contribution in [3.8, 4) is 0 Å². The molecule has 4 unspecified atom stereocenters. The molecule has 132 valence electrons. The van der Waals surface area contributed by atoms with Crippen LogP contribution >= 0.6 is 23.5 Å². The van der Waals surface area contributed by atoms with Crippen molar-refractivity contribution < 1.29 is 0 Å². The van der Waals surface area contributed by atoms with Crippen molar-refractivity contribution in [1.82, 2.24) is 0 Å². The van der Waals surface area contributed by atoms with Gasteiger partial charge in [0.15, 0.2) is 0 Å². The van der Waals surface area contributed by atoms with Gasteiger partial charge in [0.25, 0.3) is 0 Å². The molecular formula is C21H36S2. The zero-order chi connectivity index (χ0) is 16.2. The molecule has 23 heavy (non-hydrogen) atoms. The van der Waals surface area contributed by atoms with Crippen molar-refractivity contribution in [2.45, 2.75) is 100 Å². The lowest BCUT2D eigenvalue weighted by Crippen LogP contribution is -2.38. The molecule has 4 atom stereocenters. The molecule has 2 saturated heterocycles. The van der Waals surface area contributed by atoms with Gasteiger partial charge in [-0.25, -0.2) is 0 Å². The maximum absolute atomic E-state index is 2.63. The van der Waals surface area contributed by atoms with E-state index < -0.39 is 0 Å². The van der Waals surface area contributed by atoms with Crippen LogP contribution < -0.4 is 0 Å². The van der Waals surface area contributed by atoms with Crippen molar-refractivity contribution in [1.29, 1.82) is 0 Å². The summed E-state index contributed by atoms with van der Waals surface area (Å²) in [5.74, 6) is 4.14. The zero-order valence-electron chi connectivity index (χ0n) is 15.6. The molecule has 0 aromatic rings. The zero-order valence-corrected chi connectivity index (χ0v) is 17.2. The Hall–Kier alpha value is 0.700. The lowest BCUT2D eigenvalue weighted by Gasteiger charge is -2.47. The molecule has 0 bridgehead atoms. The summed E-state index contributed by atoms with van der Waals surface area (Å²) in [5.41, 5.74) is 0.598. The largest absolute Gasteiger partial charge is 0.153 e. The molecule has 2 heterocycles. The summed E-state index contributed by atoms with van der Waals surface area (Å²) < 4.78 is 0. The van der Waals surface area contributed by atoms with Crippen molar-refractivity contribution in [3.05, 3.63) is 0 Å². The summed E-state index contributed by atoms with van der Waals surface area (Å²) in [5, 5.41) is 4.02. The van der Waals surface area contributed by atoms with Gasteiger partial charge in [0.05, 0.1) is 0 Å². The fourth-order valence-electron chi connectivity index (χ4n) is 6.11. The first kappa shape index (κ1) is 17.1. The second-order valence-corrected chi connectivity index (χ2v) is 12.8. The minimum absolute atomic E-state index is 0.598. The van der Waals surface area contributed by atoms with Crippen LogP contribution in [0.1, 0.15) is 79.1 Å². The Balaban J connectivity index is 1.28. The van der Waals surface area contributed by atoms with Gasteiger partial charge in [0.1, 0.15) is 0 Å². The fourth-order valence-corrected chi connectivity index (χ4v) is 8.35. The van der Waals surface area contributed by atoms with Crippen LogP contribution in [0.2, 0.25) is 0 Å². The van der Waals surface area contributed by atoms with Gasteiger partial charge < -0.3 is 0 Å². The molecular weight excluding hydrogens is 316 g/mol. The van der Waals surface area contributed by atoms with E-state index in [0.29, 0.717) is 5.41 Å². The Morgan fingerprint density at radius 3 is 1.17 bits per heavy atom. The molecule has 0 radical (unpaired) electrons. The third-order valence-corrected chi connectivity index (χ3v) is 11.1. The van der Waals surface area contributed by atoms with Gasteiger partial charge in [0.2, 0.25) is 0 Å². The number of hydrogen-bond acceptors (Lipinski definition) is 2. The third-order valence-electron chi connectivity index (χ3n) is 8.09. The highest BCUT2D eigenvalue weighted by Crippen LogP contribution is 2.56. The standard InChI is InChI=1S/C21H36S2/c1-13-19(22-13)15-5-9-17(10-6-15)21(3,4)18-11-7-16(8-12-18)20-14(2)23-20/h13-20H,5-12H2,1-4H3. The van der Waals surface area contributed by atoms with Gasteiger partial charge >= 0.3 is 0 Å².